The van der Waals surface area contributed by atoms with Gasteiger partial charge in [-0.1, -0.05) is 13.0 Å². The number of benzene rings is 1. The van der Waals surface area contributed by atoms with Crippen LogP contribution in [-0.4, -0.2) is 56.0 Å². The normalized spacial score (nSPS) is 27.6. The molecule has 1 aliphatic rings. The molecule has 0 radical (unpaired) electrons. The van der Waals surface area contributed by atoms with E-state index in [1.54, 1.807) is 34.2 Å². The van der Waals surface area contributed by atoms with Crippen molar-refractivity contribution in [2.75, 3.05) is 6.61 Å². The SMILES string of the molecule is CCc1ccc(Cc2cn([C@@H]3O[C@H](CO)[C@@H](O)[C@H](O)[C@H]3O)c3cccc(F)c23)s1. The fourth-order valence-electron chi connectivity index (χ4n) is 3.90. The Morgan fingerprint density at radius 1 is 1.07 bits per heavy atom. The highest BCUT2D eigenvalue weighted by molar-refractivity contribution is 7.12. The van der Waals surface area contributed by atoms with Crippen LogP contribution in [0.15, 0.2) is 36.5 Å². The molecular weight excluding hydrogens is 397 g/mol. The van der Waals surface area contributed by atoms with Gasteiger partial charge in [0.1, 0.15) is 30.2 Å². The van der Waals surface area contributed by atoms with Gasteiger partial charge in [0.15, 0.2) is 6.23 Å². The number of hydrogen-bond acceptors (Lipinski definition) is 6. The molecule has 1 fully saturated rings. The van der Waals surface area contributed by atoms with E-state index in [0.717, 1.165) is 16.9 Å². The maximum Gasteiger partial charge on any atom is 0.163 e. The summed E-state index contributed by atoms with van der Waals surface area (Å²) in [6, 6.07) is 8.77. The van der Waals surface area contributed by atoms with Gasteiger partial charge >= 0.3 is 0 Å². The van der Waals surface area contributed by atoms with Crippen LogP contribution in [0.3, 0.4) is 0 Å². The summed E-state index contributed by atoms with van der Waals surface area (Å²) in [4.78, 5) is 2.34. The van der Waals surface area contributed by atoms with Crippen LogP contribution in [-0.2, 0) is 17.6 Å². The molecule has 8 heteroatoms. The fraction of sp³-hybridized carbons (Fsp3) is 0.429. The Morgan fingerprint density at radius 3 is 2.52 bits per heavy atom. The monoisotopic (exact) mass is 421 g/mol. The Hall–Kier alpha value is -1.81. The first kappa shape index (κ1) is 20.5. The Morgan fingerprint density at radius 2 is 1.83 bits per heavy atom. The van der Waals surface area contributed by atoms with Gasteiger partial charge in [-0.3, -0.25) is 0 Å². The molecule has 4 rings (SSSR count). The second-order valence-electron chi connectivity index (χ2n) is 7.31. The minimum Gasteiger partial charge on any atom is -0.394 e. The molecule has 0 spiro atoms. The molecule has 3 heterocycles. The number of nitrogens with zero attached hydrogens (tertiary/aromatic N) is 1. The van der Waals surface area contributed by atoms with Crippen molar-refractivity contribution >= 4 is 22.2 Å². The quantitative estimate of drug-likeness (QED) is 0.505. The number of aliphatic hydroxyl groups excluding tert-OH is 4. The lowest BCUT2D eigenvalue weighted by molar-refractivity contribution is -0.250. The van der Waals surface area contributed by atoms with Gasteiger partial charge in [0, 0.05) is 27.8 Å². The van der Waals surface area contributed by atoms with Crippen molar-refractivity contribution < 1.29 is 29.6 Å². The van der Waals surface area contributed by atoms with Gasteiger partial charge in [0.2, 0.25) is 0 Å². The van der Waals surface area contributed by atoms with Gasteiger partial charge in [-0.25, -0.2) is 4.39 Å². The summed E-state index contributed by atoms with van der Waals surface area (Å²) >= 11 is 1.67. The summed E-state index contributed by atoms with van der Waals surface area (Å²) in [7, 11) is 0. The van der Waals surface area contributed by atoms with Crippen molar-refractivity contribution in [3.05, 3.63) is 57.7 Å². The lowest BCUT2D eigenvalue weighted by atomic mass is 9.98. The lowest BCUT2D eigenvalue weighted by Gasteiger charge is -2.40. The van der Waals surface area contributed by atoms with Gasteiger partial charge in [0.25, 0.3) is 0 Å². The molecule has 0 aliphatic carbocycles. The number of aryl methyl sites for hydroxylation is 1. The summed E-state index contributed by atoms with van der Waals surface area (Å²) in [5, 5.41) is 40.6. The van der Waals surface area contributed by atoms with Gasteiger partial charge in [-0.2, -0.15) is 0 Å². The number of halogens is 1. The van der Waals surface area contributed by atoms with Gasteiger partial charge in [0.05, 0.1) is 12.1 Å². The third kappa shape index (κ3) is 3.61. The molecule has 0 bridgehead atoms. The molecule has 0 amide bonds. The molecule has 4 N–H and O–H groups in total. The molecule has 1 aromatic carbocycles. The first-order chi connectivity index (χ1) is 13.9. The van der Waals surface area contributed by atoms with Crippen molar-refractivity contribution in [3.63, 3.8) is 0 Å². The second kappa shape index (κ2) is 8.14. The summed E-state index contributed by atoms with van der Waals surface area (Å²) < 4.78 is 22.0. The fourth-order valence-corrected chi connectivity index (χ4v) is 4.88. The number of aromatic nitrogens is 1. The van der Waals surface area contributed by atoms with Gasteiger partial charge in [-0.05, 0) is 36.2 Å². The van der Waals surface area contributed by atoms with E-state index in [-0.39, 0.29) is 5.82 Å². The molecule has 156 valence electrons. The number of hydrogen-bond donors (Lipinski definition) is 4. The van der Waals surface area contributed by atoms with Crippen molar-refractivity contribution in [2.24, 2.45) is 0 Å². The zero-order valence-electron chi connectivity index (χ0n) is 15.9. The van der Waals surface area contributed by atoms with Crippen LogP contribution in [0.4, 0.5) is 4.39 Å². The minimum absolute atomic E-state index is 0.381. The van der Waals surface area contributed by atoms with Crippen LogP contribution in [0.5, 0.6) is 0 Å². The molecule has 29 heavy (non-hydrogen) atoms. The van der Waals surface area contributed by atoms with Gasteiger partial charge in [-0.15, -0.1) is 11.3 Å². The highest BCUT2D eigenvalue weighted by atomic mass is 32.1. The highest BCUT2D eigenvalue weighted by Crippen LogP contribution is 2.35. The molecule has 1 aliphatic heterocycles. The zero-order valence-corrected chi connectivity index (χ0v) is 16.7. The van der Waals surface area contributed by atoms with Crippen LogP contribution >= 0.6 is 11.3 Å². The van der Waals surface area contributed by atoms with E-state index < -0.39 is 37.3 Å². The standard InChI is InChI=1S/C21H24FNO5S/c1-2-12-6-7-13(29-12)8-11-9-23(15-5-3-4-14(22)17(11)15)21-20(27)19(26)18(25)16(10-24)28-21/h3-7,9,16,18-21,24-27H,2,8,10H2,1H3/t16-,18-,19+,20-,21-/m1/s1. The van der Waals surface area contributed by atoms with E-state index in [1.807, 2.05) is 6.07 Å². The number of fused-ring (bicyclic) bond motifs is 1. The van der Waals surface area contributed by atoms with E-state index in [9.17, 15) is 24.8 Å². The van der Waals surface area contributed by atoms with E-state index in [1.165, 1.54) is 10.9 Å². The van der Waals surface area contributed by atoms with Crippen LogP contribution in [0.25, 0.3) is 10.9 Å². The molecule has 2 aromatic heterocycles. The summed E-state index contributed by atoms with van der Waals surface area (Å²) in [6.45, 7) is 1.57. The van der Waals surface area contributed by atoms with Crippen LogP contribution in [0.1, 0.15) is 28.5 Å². The Labute approximate surface area is 171 Å². The topological polar surface area (TPSA) is 95.1 Å². The molecule has 6 nitrogen and oxygen atoms in total. The van der Waals surface area contributed by atoms with Crippen molar-refractivity contribution in [3.8, 4) is 0 Å². The summed E-state index contributed by atoms with van der Waals surface area (Å²) in [6.07, 6.45) is -3.31. The second-order valence-corrected chi connectivity index (χ2v) is 8.57. The Balaban J connectivity index is 1.78. The predicted octanol–water partition coefficient (Wildman–Crippen LogP) is 1.97. The van der Waals surface area contributed by atoms with Gasteiger partial charge < -0.3 is 29.7 Å². The van der Waals surface area contributed by atoms with E-state index in [0.29, 0.717) is 17.3 Å². The minimum atomic E-state index is -1.50. The van der Waals surface area contributed by atoms with Crippen LogP contribution in [0, 0.1) is 5.82 Å². The first-order valence-electron chi connectivity index (χ1n) is 9.60. The Bertz CT molecular complexity index is 1000. The zero-order chi connectivity index (χ0) is 20.7. The predicted molar refractivity (Wildman–Crippen MR) is 107 cm³/mol. The van der Waals surface area contributed by atoms with Crippen LogP contribution in [0.2, 0.25) is 0 Å². The van der Waals surface area contributed by atoms with Crippen LogP contribution < -0.4 is 0 Å². The number of aliphatic hydroxyl groups is 4. The average Bonchev–Trinajstić information content (AvgIpc) is 3.32. The Kier molecular flexibility index (Phi) is 5.74. The third-order valence-corrected chi connectivity index (χ3v) is 6.69. The molecule has 0 saturated carbocycles. The number of thiophene rings is 1. The molecule has 1 saturated heterocycles. The average molecular weight is 421 g/mol. The number of rotatable bonds is 5. The molecule has 5 atom stereocenters. The lowest BCUT2D eigenvalue weighted by Crippen LogP contribution is -2.56. The number of ether oxygens (including phenoxy) is 1. The largest absolute Gasteiger partial charge is 0.394 e. The molecule has 3 aromatic rings. The maximum atomic E-state index is 14.7. The van der Waals surface area contributed by atoms with E-state index in [2.05, 4.69) is 13.0 Å². The van der Waals surface area contributed by atoms with Crippen molar-refractivity contribution in [1.82, 2.24) is 4.57 Å². The van der Waals surface area contributed by atoms with Crippen molar-refractivity contribution in [2.45, 2.75) is 50.4 Å². The summed E-state index contributed by atoms with van der Waals surface area (Å²) in [5.74, 6) is -0.381. The first-order valence-corrected chi connectivity index (χ1v) is 10.4. The van der Waals surface area contributed by atoms with E-state index in [4.69, 9.17) is 4.74 Å². The molecule has 0 unspecified atom stereocenters. The third-order valence-electron chi connectivity index (χ3n) is 5.46. The highest BCUT2D eigenvalue weighted by Gasteiger charge is 2.44. The maximum absolute atomic E-state index is 14.7. The van der Waals surface area contributed by atoms with E-state index >= 15 is 0 Å². The molecular formula is C21H24FNO5S. The smallest absolute Gasteiger partial charge is 0.163 e. The van der Waals surface area contributed by atoms with Crippen molar-refractivity contribution in [1.29, 1.82) is 0 Å². The summed E-state index contributed by atoms with van der Waals surface area (Å²) in [5.41, 5.74) is 1.25.